The molecule has 3 amide bonds. The molecule has 162 valence electrons. The van der Waals surface area contributed by atoms with Gasteiger partial charge in [-0.25, -0.2) is 0 Å². The Morgan fingerprint density at radius 2 is 1.33 bits per heavy atom. The number of carbonyl (C=O) groups excluding carboxylic acids is 3. The van der Waals surface area contributed by atoms with E-state index in [2.05, 4.69) is 0 Å². The van der Waals surface area contributed by atoms with E-state index in [9.17, 15) is 14.4 Å². The number of carbonyl (C=O) groups is 3. The first kappa shape index (κ1) is 19.5. The fourth-order valence-electron chi connectivity index (χ4n) is 5.05. The second-order valence-corrected chi connectivity index (χ2v) is 8.37. The smallest absolute Gasteiger partial charge is 0.260 e. The maximum Gasteiger partial charge on any atom is 0.260 e. The lowest BCUT2D eigenvalue weighted by molar-refractivity contribution is -0.129. The Kier molecular flexibility index (Phi) is 4.40. The zero-order chi connectivity index (χ0) is 22.5. The molecule has 6 heteroatoms. The van der Waals surface area contributed by atoms with Crippen LogP contribution in [0.15, 0.2) is 96.4 Å². The van der Waals surface area contributed by atoms with Crippen molar-refractivity contribution in [3.05, 3.63) is 108 Å². The van der Waals surface area contributed by atoms with Gasteiger partial charge < -0.3 is 4.90 Å². The predicted octanol–water partition coefficient (Wildman–Crippen LogP) is 4.27. The molecule has 3 aromatic rings. The number of benzene rings is 3. The molecule has 0 bridgehead atoms. The molecule has 3 aliphatic heterocycles. The summed E-state index contributed by atoms with van der Waals surface area (Å²) < 4.78 is 0. The molecule has 6 nitrogen and oxygen atoms in total. The van der Waals surface area contributed by atoms with Crippen molar-refractivity contribution in [1.82, 2.24) is 4.90 Å². The standard InChI is InChI=1S/C27H21N3O3/c31-25-20-14-7-8-15-21(20)30-24(22-16-9-17-28(22)25)29(19-12-5-2-6-13-19)26(32)23(27(30)33)18-10-3-1-4-11-18/h1-8,10-15,23H,9,16-17H2. The predicted molar refractivity (Wildman–Crippen MR) is 124 cm³/mol. The molecule has 0 N–H and O–H groups in total. The largest absolute Gasteiger partial charge is 0.308 e. The first-order chi connectivity index (χ1) is 16.2. The molecule has 2 fully saturated rings. The summed E-state index contributed by atoms with van der Waals surface area (Å²) >= 11 is 0. The summed E-state index contributed by atoms with van der Waals surface area (Å²) in [6.07, 6.45) is 1.40. The minimum absolute atomic E-state index is 0.135. The maximum atomic E-state index is 14.1. The molecule has 6 rings (SSSR count). The topological polar surface area (TPSA) is 60.9 Å². The van der Waals surface area contributed by atoms with Gasteiger partial charge in [0.2, 0.25) is 11.8 Å². The lowest BCUT2D eigenvalue weighted by Gasteiger charge is -2.42. The highest BCUT2D eigenvalue weighted by atomic mass is 16.2. The Hall–Kier alpha value is -4.19. The molecule has 2 saturated heterocycles. The molecule has 0 saturated carbocycles. The average molecular weight is 435 g/mol. The van der Waals surface area contributed by atoms with Gasteiger partial charge in [-0.2, -0.15) is 0 Å². The van der Waals surface area contributed by atoms with E-state index >= 15 is 0 Å². The summed E-state index contributed by atoms with van der Waals surface area (Å²) in [5.41, 5.74) is 3.00. The molecule has 3 heterocycles. The lowest BCUT2D eigenvalue weighted by atomic mass is 9.92. The average Bonchev–Trinajstić information content (AvgIpc) is 3.31. The van der Waals surface area contributed by atoms with Crippen molar-refractivity contribution in [3.8, 4) is 0 Å². The molecule has 1 unspecified atom stereocenters. The maximum absolute atomic E-state index is 14.1. The molecule has 0 aliphatic carbocycles. The van der Waals surface area contributed by atoms with E-state index in [-0.39, 0.29) is 17.7 Å². The summed E-state index contributed by atoms with van der Waals surface area (Å²) in [7, 11) is 0. The zero-order valence-electron chi connectivity index (χ0n) is 17.8. The Morgan fingerprint density at radius 3 is 2.09 bits per heavy atom. The van der Waals surface area contributed by atoms with Gasteiger partial charge in [0.05, 0.1) is 22.6 Å². The number of rotatable bonds is 2. The first-order valence-corrected chi connectivity index (χ1v) is 11.1. The fraction of sp³-hybridized carbons (Fsp3) is 0.148. The Labute approximate surface area is 191 Å². The van der Waals surface area contributed by atoms with Crippen LogP contribution in [-0.4, -0.2) is 29.2 Å². The van der Waals surface area contributed by atoms with Crippen molar-refractivity contribution in [3.63, 3.8) is 0 Å². The molecule has 3 aromatic carbocycles. The number of anilines is 2. The summed E-state index contributed by atoms with van der Waals surface area (Å²) in [4.78, 5) is 46.5. The van der Waals surface area contributed by atoms with E-state index in [0.29, 0.717) is 47.0 Å². The number of hydrogen-bond acceptors (Lipinski definition) is 3. The molecule has 0 radical (unpaired) electrons. The number of nitrogens with zero attached hydrogens (tertiary/aromatic N) is 3. The van der Waals surface area contributed by atoms with Crippen LogP contribution in [0.1, 0.15) is 34.7 Å². The van der Waals surface area contributed by atoms with Crippen molar-refractivity contribution in [2.45, 2.75) is 18.8 Å². The van der Waals surface area contributed by atoms with E-state index in [1.165, 1.54) is 0 Å². The van der Waals surface area contributed by atoms with Crippen LogP contribution in [0.25, 0.3) is 0 Å². The van der Waals surface area contributed by atoms with Crippen molar-refractivity contribution in [2.24, 2.45) is 0 Å². The minimum Gasteiger partial charge on any atom is -0.308 e. The van der Waals surface area contributed by atoms with Crippen LogP contribution in [0, 0.1) is 0 Å². The highest BCUT2D eigenvalue weighted by molar-refractivity contribution is 6.25. The van der Waals surface area contributed by atoms with Gasteiger partial charge in [0, 0.05) is 6.54 Å². The molecular weight excluding hydrogens is 414 g/mol. The highest BCUT2D eigenvalue weighted by Gasteiger charge is 2.50. The SMILES string of the molecule is O=C1c2ccccc2N2C(=O)C(c3ccccc3)C(=O)N(c3ccccc3)C2=C2CCCN12. The molecule has 1 atom stereocenters. The van der Waals surface area contributed by atoms with Gasteiger partial charge in [-0.1, -0.05) is 60.7 Å². The van der Waals surface area contributed by atoms with Crippen molar-refractivity contribution in [2.75, 3.05) is 16.3 Å². The summed E-state index contributed by atoms with van der Waals surface area (Å²) in [6.45, 7) is 0.562. The lowest BCUT2D eigenvalue weighted by Crippen LogP contribution is -2.55. The van der Waals surface area contributed by atoms with E-state index in [0.717, 1.165) is 6.42 Å². The molecule has 33 heavy (non-hydrogen) atoms. The normalized spacial score (nSPS) is 19.9. The van der Waals surface area contributed by atoms with E-state index in [1.807, 2.05) is 54.6 Å². The van der Waals surface area contributed by atoms with Crippen LogP contribution >= 0.6 is 0 Å². The third-order valence-electron chi connectivity index (χ3n) is 6.51. The van der Waals surface area contributed by atoms with Crippen LogP contribution in [0.2, 0.25) is 0 Å². The van der Waals surface area contributed by atoms with Gasteiger partial charge in [-0.05, 0) is 42.7 Å². The van der Waals surface area contributed by atoms with Gasteiger partial charge in [-0.3, -0.25) is 24.2 Å². The molecular formula is C27H21N3O3. The molecule has 0 aromatic heterocycles. The summed E-state index contributed by atoms with van der Waals surface area (Å²) in [5.74, 6) is -1.32. The molecule has 3 aliphatic rings. The number of amides is 3. The highest BCUT2D eigenvalue weighted by Crippen LogP contribution is 2.44. The third kappa shape index (κ3) is 2.84. The molecule has 0 spiro atoms. The second-order valence-electron chi connectivity index (χ2n) is 8.37. The van der Waals surface area contributed by atoms with E-state index in [4.69, 9.17) is 0 Å². The third-order valence-corrected chi connectivity index (χ3v) is 6.51. The fourth-order valence-corrected chi connectivity index (χ4v) is 5.05. The van der Waals surface area contributed by atoms with Crippen LogP contribution in [0.3, 0.4) is 0 Å². The van der Waals surface area contributed by atoms with Gasteiger partial charge in [-0.15, -0.1) is 0 Å². The van der Waals surface area contributed by atoms with Gasteiger partial charge in [0.15, 0.2) is 0 Å². The number of hydrogen-bond donors (Lipinski definition) is 0. The zero-order valence-corrected chi connectivity index (χ0v) is 17.8. The second kappa shape index (κ2) is 7.45. The summed E-state index contributed by atoms with van der Waals surface area (Å²) in [5, 5.41) is 0. The quantitative estimate of drug-likeness (QED) is 0.565. The van der Waals surface area contributed by atoms with Gasteiger partial charge >= 0.3 is 0 Å². The van der Waals surface area contributed by atoms with Gasteiger partial charge in [0.25, 0.3) is 5.91 Å². The first-order valence-electron chi connectivity index (χ1n) is 11.1. The Morgan fingerprint density at radius 1 is 0.697 bits per heavy atom. The van der Waals surface area contributed by atoms with Crippen molar-refractivity contribution in [1.29, 1.82) is 0 Å². The number of para-hydroxylation sites is 2. The van der Waals surface area contributed by atoms with Gasteiger partial charge in [0.1, 0.15) is 11.7 Å². The Balaban J connectivity index is 1.67. The minimum atomic E-state index is -1.01. The van der Waals surface area contributed by atoms with Crippen molar-refractivity contribution < 1.29 is 14.4 Å². The van der Waals surface area contributed by atoms with E-state index < -0.39 is 5.92 Å². The van der Waals surface area contributed by atoms with Crippen LogP contribution in [0.5, 0.6) is 0 Å². The number of allylic oxidation sites excluding steroid dienone is 1. The monoisotopic (exact) mass is 435 g/mol. The van der Waals surface area contributed by atoms with Crippen molar-refractivity contribution >= 4 is 29.1 Å². The van der Waals surface area contributed by atoms with Crippen LogP contribution < -0.4 is 9.80 Å². The van der Waals surface area contributed by atoms with E-state index in [1.54, 1.807) is 45.0 Å². The summed E-state index contributed by atoms with van der Waals surface area (Å²) in [6, 6.07) is 25.6. The van der Waals surface area contributed by atoms with Crippen LogP contribution in [0.4, 0.5) is 11.4 Å². The number of fused-ring (bicyclic) bond motifs is 4. The van der Waals surface area contributed by atoms with Crippen LogP contribution in [-0.2, 0) is 9.59 Å². The Bertz CT molecular complexity index is 1320.